The van der Waals surface area contributed by atoms with Crippen molar-refractivity contribution in [3.63, 3.8) is 0 Å². The van der Waals surface area contributed by atoms with Crippen LogP contribution in [0.5, 0.6) is 5.88 Å². The number of nitriles is 1. The molecule has 1 aromatic heterocycles. The van der Waals surface area contributed by atoms with Gasteiger partial charge >= 0.3 is 0 Å². The average Bonchev–Trinajstić information content (AvgIpc) is 2.47. The highest BCUT2D eigenvalue weighted by Gasteiger charge is 2.13. The molecule has 0 radical (unpaired) electrons. The minimum absolute atomic E-state index is 0.404. The average molecular weight is 275 g/mol. The number of nitrogens with zero attached hydrogens (tertiary/aromatic N) is 4. The number of hydrogen-bond acceptors (Lipinski definition) is 6. The second kappa shape index (κ2) is 7.08. The summed E-state index contributed by atoms with van der Waals surface area (Å²) in [5.74, 6) is 0.527. The first kappa shape index (κ1) is 14.6. The number of rotatable bonds is 5. The van der Waals surface area contributed by atoms with Crippen LogP contribution in [0, 0.1) is 11.3 Å². The van der Waals surface area contributed by atoms with E-state index >= 15 is 0 Å². The number of piperazine rings is 1. The maximum Gasteiger partial charge on any atom is 0.216 e. The van der Waals surface area contributed by atoms with Gasteiger partial charge in [-0.25, -0.2) is 4.98 Å². The number of anilines is 1. The Balaban J connectivity index is 2.09. The van der Waals surface area contributed by atoms with Gasteiger partial charge in [-0.2, -0.15) is 5.26 Å². The molecule has 1 N–H and O–H groups in total. The van der Waals surface area contributed by atoms with Crippen molar-refractivity contribution in [3.8, 4) is 11.9 Å². The van der Waals surface area contributed by atoms with E-state index in [2.05, 4.69) is 21.3 Å². The highest BCUT2D eigenvalue weighted by Crippen LogP contribution is 2.21. The maximum absolute atomic E-state index is 9.09. The summed E-state index contributed by atoms with van der Waals surface area (Å²) < 4.78 is 5.64. The highest BCUT2D eigenvalue weighted by atomic mass is 16.5. The number of pyridine rings is 1. The van der Waals surface area contributed by atoms with Crippen LogP contribution in [0.25, 0.3) is 0 Å². The van der Waals surface area contributed by atoms with Gasteiger partial charge in [0.2, 0.25) is 5.88 Å². The van der Waals surface area contributed by atoms with E-state index in [0.717, 1.165) is 38.4 Å². The van der Waals surface area contributed by atoms with Crippen molar-refractivity contribution < 1.29 is 4.74 Å². The molecule has 0 aliphatic carbocycles. The summed E-state index contributed by atoms with van der Waals surface area (Å²) in [6.07, 6.45) is 0. The molecule has 0 amide bonds. The first-order valence-corrected chi connectivity index (χ1v) is 6.84. The molecule has 0 saturated carbocycles. The van der Waals surface area contributed by atoms with E-state index in [1.165, 1.54) is 0 Å². The summed E-state index contributed by atoms with van der Waals surface area (Å²) in [7, 11) is 3.99. The van der Waals surface area contributed by atoms with Crippen LogP contribution in [-0.2, 0) is 0 Å². The third kappa shape index (κ3) is 4.08. The molecule has 0 unspecified atom stereocenters. The fraction of sp³-hybridized carbons (Fsp3) is 0.571. The molecule has 2 rings (SSSR count). The van der Waals surface area contributed by atoms with Gasteiger partial charge in [0.1, 0.15) is 18.4 Å². The maximum atomic E-state index is 9.09. The van der Waals surface area contributed by atoms with E-state index in [1.807, 2.05) is 31.1 Å². The van der Waals surface area contributed by atoms with Crippen LogP contribution < -0.4 is 15.0 Å². The zero-order chi connectivity index (χ0) is 14.4. The number of hydrogen-bond donors (Lipinski definition) is 1. The van der Waals surface area contributed by atoms with Gasteiger partial charge in [0.25, 0.3) is 0 Å². The lowest BCUT2D eigenvalue weighted by atomic mass is 10.2. The van der Waals surface area contributed by atoms with Gasteiger partial charge < -0.3 is 19.9 Å². The van der Waals surface area contributed by atoms with Gasteiger partial charge in [-0.15, -0.1) is 0 Å². The molecule has 6 nitrogen and oxygen atoms in total. The molecule has 2 heterocycles. The Morgan fingerprint density at radius 3 is 2.80 bits per heavy atom. The topological polar surface area (TPSA) is 64.4 Å². The van der Waals surface area contributed by atoms with E-state index in [0.29, 0.717) is 18.2 Å². The Morgan fingerprint density at radius 2 is 2.15 bits per heavy atom. The van der Waals surface area contributed by atoms with E-state index < -0.39 is 0 Å². The van der Waals surface area contributed by atoms with Crippen LogP contribution in [0.3, 0.4) is 0 Å². The standard InChI is InChI=1S/C14H21N5O/c1-18(2)7-8-20-14-10-13(9-12(11-15)17-14)19-5-3-16-4-6-19/h9-10,16H,3-8H2,1-2H3. The first-order chi connectivity index (χ1) is 9.69. The highest BCUT2D eigenvalue weighted by molar-refractivity contribution is 5.52. The Morgan fingerprint density at radius 1 is 1.40 bits per heavy atom. The minimum atomic E-state index is 0.404. The van der Waals surface area contributed by atoms with Gasteiger partial charge in [0.15, 0.2) is 0 Å². The zero-order valence-electron chi connectivity index (χ0n) is 12.1. The van der Waals surface area contributed by atoms with E-state index in [-0.39, 0.29) is 0 Å². The van der Waals surface area contributed by atoms with Crippen LogP contribution in [0.2, 0.25) is 0 Å². The predicted octanol–water partition coefficient (Wildman–Crippen LogP) is 0.303. The minimum Gasteiger partial charge on any atom is -0.476 e. The molecule has 1 fully saturated rings. The van der Waals surface area contributed by atoms with Gasteiger partial charge in [-0.05, 0) is 20.2 Å². The van der Waals surface area contributed by atoms with Crippen molar-refractivity contribution in [1.29, 1.82) is 5.26 Å². The van der Waals surface area contributed by atoms with Crippen molar-refractivity contribution in [2.24, 2.45) is 0 Å². The van der Waals surface area contributed by atoms with Gasteiger partial charge in [-0.1, -0.05) is 0 Å². The summed E-state index contributed by atoms with van der Waals surface area (Å²) >= 11 is 0. The summed E-state index contributed by atoms with van der Waals surface area (Å²) in [6.45, 7) is 5.18. The smallest absolute Gasteiger partial charge is 0.216 e. The molecule has 0 spiro atoms. The molecule has 1 aromatic rings. The molecule has 108 valence electrons. The Kier molecular flexibility index (Phi) is 5.16. The molecule has 1 aliphatic rings. The van der Waals surface area contributed by atoms with E-state index in [9.17, 15) is 0 Å². The lowest BCUT2D eigenvalue weighted by Gasteiger charge is -2.29. The summed E-state index contributed by atoms with van der Waals surface area (Å²) in [5.41, 5.74) is 1.42. The van der Waals surface area contributed by atoms with Crippen LogP contribution in [-0.4, -0.2) is 63.3 Å². The van der Waals surface area contributed by atoms with Crippen molar-refractivity contribution in [1.82, 2.24) is 15.2 Å². The van der Waals surface area contributed by atoms with Crippen molar-refractivity contribution in [2.45, 2.75) is 0 Å². The molecule has 0 atom stereocenters. The number of nitrogens with one attached hydrogen (secondary N) is 1. The Labute approximate surface area is 120 Å². The van der Waals surface area contributed by atoms with Crippen LogP contribution >= 0.6 is 0 Å². The number of ether oxygens (including phenoxy) is 1. The Bertz CT molecular complexity index is 477. The summed E-state index contributed by atoms with van der Waals surface area (Å²) in [6, 6.07) is 5.84. The Hall–Kier alpha value is -1.84. The molecular formula is C14H21N5O. The normalized spacial score (nSPS) is 15.2. The molecule has 6 heteroatoms. The van der Waals surface area contributed by atoms with E-state index in [4.69, 9.17) is 10.00 Å². The van der Waals surface area contributed by atoms with Crippen LogP contribution in [0.4, 0.5) is 5.69 Å². The first-order valence-electron chi connectivity index (χ1n) is 6.84. The monoisotopic (exact) mass is 275 g/mol. The molecular weight excluding hydrogens is 254 g/mol. The van der Waals surface area contributed by atoms with E-state index in [1.54, 1.807) is 0 Å². The third-order valence-corrected chi connectivity index (χ3v) is 3.17. The lowest BCUT2D eigenvalue weighted by molar-refractivity contribution is 0.254. The largest absolute Gasteiger partial charge is 0.476 e. The third-order valence-electron chi connectivity index (χ3n) is 3.17. The fourth-order valence-electron chi connectivity index (χ4n) is 2.06. The molecule has 0 aromatic carbocycles. The van der Waals surface area contributed by atoms with Gasteiger partial charge in [-0.3, -0.25) is 0 Å². The molecule has 0 bridgehead atoms. The van der Waals surface area contributed by atoms with Crippen molar-refractivity contribution in [2.75, 3.05) is 58.3 Å². The zero-order valence-corrected chi connectivity index (χ0v) is 12.1. The molecule has 1 saturated heterocycles. The van der Waals surface area contributed by atoms with Crippen LogP contribution in [0.1, 0.15) is 5.69 Å². The van der Waals surface area contributed by atoms with Crippen LogP contribution in [0.15, 0.2) is 12.1 Å². The van der Waals surface area contributed by atoms with Gasteiger partial charge in [0.05, 0.1) is 0 Å². The number of aromatic nitrogens is 1. The van der Waals surface area contributed by atoms with Gasteiger partial charge in [0, 0.05) is 44.5 Å². The SMILES string of the molecule is CN(C)CCOc1cc(N2CCNCC2)cc(C#N)n1. The van der Waals surface area contributed by atoms with Crippen molar-refractivity contribution >= 4 is 5.69 Å². The molecule has 20 heavy (non-hydrogen) atoms. The number of likely N-dealkylation sites (N-methyl/N-ethyl adjacent to an activating group) is 1. The fourth-order valence-corrected chi connectivity index (χ4v) is 2.06. The van der Waals surface area contributed by atoms with Crippen molar-refractivity contribution in [3.05, 3.63) is 17.8 Å². The molecule has 1 aliphatic heterocycles. The second-order valence-corrected chi connectivity index (χ2v) is 5.05. The quantitative estimate of drug-likeness (QED) is 0.834. The summed E-state index contributed by atoms with van der Waals surface area (Å²) in [4.78, 5) is 8.49. The second-order valence-electron chi connectivity index (χ2n) is 5.05. The predicted molar refractivity (Wildman–Crippen MR) is 78.1 cm³/mol. The summed E-state index contributed by atoms with van der Waals surface area (Å²) in [5, 5.41) is 12.4. The lowest BCUT2D eigenvalue weighted by Crippen LogP contribution is -2.43.